The molecule has 0 radical (unpaired) electrons. The Labute approximate surface area is 175 Å². The number of likely N-dealkylation sites (N-methyl/N-ethyl adjacent to an activating group) is 1. The van der Waals surface area contributed by atoms with Crippen molar-refractivity contribution in [2.45, 2.75) is 13.0 Å². The Morgan fingerprint density at radius 2 is 1.93 bits per heavy atom. The molecule has 0 bridgehead atoms. The number of ketones is 1. The molecule has 1 amide bonds. The van der Waals surface area contributed by atoms with Crippen LogP contribution in [0.1, 0.15) is 23.1 Å². The fourth-order valence-electron chi connectivity index (χ4n) is 3.33. The molecule has 1 saturated heterocycles. The summed E-state index contributed by atoms with van der Waals surface area (Å²) in [5, 5.41) is 11.0. The molecule has 2 heterocycles. The van der Waals surface area contributed by atoms with Crippen LogP contribution in [-0.4, -0.2) is 60.4 Å². The second-order valence-electron chi connectivity index (χ2n) is 7.37. The number of amides is 1. The molecule has 0 aliphatic carbocycles. The summed E-state index contributed by atoms with van der Waals surface area (Å²) < 4.78 is 11.2. The maximum absolute atomic E-state index is 12.9. The van der Waals surface area contributed by atoms with Gasteiger partial charge in [0.2, 0.25) is 0 Å². The number of carbonyl (C=O) groups excluding carboxylic acids is 2. The number of ether oxygens (including phenoxy) is 1. The number of benzene rings is 1. The van der Waals surface area contributed by atoms with Crippen LogP contribution in [0.5, 0.6) is 5.75 Å². The minimum atomic E-state index is -0.782. The number of aliphatic hydroxyl groups excluding tert-OH is 1. The van der Waals surface area contributed by atoms with Gasteiger partial charge in [-0.25, -0.2) is 0 Å². The molecule has 1 unspecified atom stereocenters. The predicted octanol–water partition coefficient (Wildman–Crippen LogP) is 3.14. The van der Waals surface area contributed by atoms with Crippen molar-refractivity contribution >= 4 is 17.4 Å². The molecule has 158 valence electrons. The molecule has 1 fully saturated rings. The van der Waals surface area contributed by atoms with Crippen LogP contribution in [0.3, 0.4) is 0 Å². The van der Waals surface area contributed by atoms with E-state index in [0.29, 0.717) is 42.5 Å². The quantitative estimate of drug-likeness (QED) is 0.312. The maximum Gasteiger partial charge on any atom is 0.295 e. The number of hydrogen-bond donors (Lipinski definition) is 1. The summed E-state index contributed by atoms with van der Waals surface area (Å²) in [5.41, 5.74) is 0.438. The van der Waals surface area contributed by atoms with E-state index in [1.165, 1.54) is 4.90 Å². The number of Topliss-reactive ketones (excluding diaryl/α,β-unsaturated/α-hetero) is 1. The van der Waals surface area contributed by atoms with E-state index >= 15 is 0 Å². The largest absolute Gasteiger partial charge is 0.507 e. The summed E-state index contributed by atoms with van der Waals surface area (Å²) in [4.78, 5) is 29.0. The number of furan rings is 1. The first-order chi connectivity index (χ1) is 14.3. The normalized spacial score (nSPS) is 18.3. The third-order valence-electron chi connectivity index (χ3n) is 4.85. The minimum absolute atomic E-state index is 0.0212. The van der Waals surface area contributed by atoms with Crippen molar-refractivity contribution in [1.29, 1.82) is 0 Å². The van der Waals surface area contributed by atoms with Crippen LogP contribution >= 0.6 is 0 Å². The second kappa shape index (κ2) is 9.00. The molecule has 1 aliphatic heterocycles. The molecule has 0 saturated carbocycles. The Morgan fingerprint density at radius 3 is 2.50 bits per heavy atom. The Bertz CT molecular complexity index is 972. The molecule has 7 heteroatoms. The Kier molecular flexibility index (Phi) is 6.42. The van der Waals surface area contributed by atoms with E-state index in [1.807, 2.05) is 19.0 Å². The average Bonchev–Trinajstić information content (AvgIpc) is 3.26. The fourth-order valence-corrected chi connectivity index (χ4v) is 3.33. The maximum atomic E-state index is 12.9. The minimum Gasteiger partial charge on any atom is -0.507 e. The standard InChI is InChI=1S/C23H26N2O5/c1-5-14-29-17-9-7-16(8-10-17)21(26)19-20(18-11-6-15(2)30-18)25(13-12-24(3)4)23(28)22(19)27/h5-11,20,26H,1,12-14H2,2-4H3/b21-19-. The first-order valence-corrected chi connectivity index (χ1v) is 9.67. The fraction of sp³-hybridized carbons (Fsp3) is 0.304. The van der Waals surface area contributed by atoms with Gasteiger partial charge in [-0.1, -0.05) is 12.7 Å². The van der Waals surface area contributed by atoms with Crippen molar-refractivity contribution in [2.75, 3.05) is 33.8 Å². The van der Waals surface area contributed by atoms with Crippen LogP contribution < -0.4 is 4.74 Å². The van der Waals surface area contributed by atoms with Gasteiger partial charge in [0, 0.05) is 18.7 Å². The number of carbonyl (C=O) groups is 2. The molecule has 30 heavy (non-hydrogen) atoms. The lowest BCUT2D eigenvalue weighted by Gasteiger charge is -2.24. The van der Waals surface area contributed by atoms with E-state index < -0.39 is 17.7 Å². The summed E-state index contributed by atoms with van der Waals surface area (Å²) in [6, 6.07) is 9.38. The third kappa shape index (κ3) is 4.31. The monoisotopic (exact) mass is 410 g/mol. The van der Waals surface area contributed by atoms with Gasteiger partial charge in [-0.15, -0.1) is 0 Å². The van der Waals surface area contributed by atoms with Crippen LogP contribution in [0.2, 0.25) is 0 Å². The smallest absolute Gasteiger partial charge is 0.295 e. The van der Waals surface area contributed by atoms with Crippen molar-refractivity contribution in [2.24, 2.45) is 0 Å². The molecule has 0 spiro atoms. The Balaban J connectivity index is 2.03. The molecule has 7 nitrogen and oxygen atoms in total. The van der Waals surface area contributed by atoms with E-state index in [2.05, 4.69) is 6.58 Å². The van der Waals surface area contributed by atoms with Crippen molar-refractivity contribution < 1.29 is 23.8 Å². The molecule has 1 aromatic heterocycles. The lowest BCUT2D eigenvalue weighted by atomic mass is 9.99. The number of aliphatic hydroxyl groups is 1. The summed E-state index contributed by atoms with van der Waals surface area (Å²) in [6.45, 7) is 6.65. The first kappa shape index (κ1) is 21.4. The van der Waals surface area contributed by atoms with Gasteiger partial charge in [-0.3, -0.25) is 9.59 Å². The molecule has 1 aromatic carbocycles. The second-order valence-corrected chi connectivity index (χ2v) is 7.37. The Morgan fingerprint density at radius 1 is 1.23 bits per heavy atom. The molecular weight excluding hydrogens is 384 g/mol. The van der Waals surface area contributed by atoms with Crippen molar-refractivity contribution in [3.8, 4) is 5.75 Å². The van der Waals surface area contributed by atoms with E-state index in [-0.39, 0.29) is 11.3 Å². The van der Waals surface area contributed by atoms with E-state index in [1.54, 1.807) is 49.4 Å². The van der Waals surface area contributed by atoms with Crippen molar-refractivity contribution in [3.63, 3.8) is 0 Å². The van der Waals surface area contributed by atoms with Gasteiger partial charge in [0.25, 0.3) is 11.7 Å². The van der Waals surface area contributed by atoms with Crippen LogP contribution in [0.25, 0.3) is 5.76 Å². The molecule has 2 aromatic rings. The van der Waals surface area contributed by atoms with Crippen LogP contribution in [0.4, 0.5) is 0 Å². The highest BCUT2D eigenvalue weighted by molar-refractivity contribution is 6.46. The van der Waals surface area contributed by atoms with Gasteiger partial charge < -0.3 is 24.1 Å². The molecule has 3 rings (SSSR count). The number of nitrogens with zero attached hydrogens (tertiary/aromatic N) is 2. The first-order valence-electron chi connectivity index (χ1n) is 9.67. The molecular formula is C23H26N2O5. The predicted molar refractivity (Wildman–Crippen MR) is 113 cm³/mol. The van der Waals surface area contributed by atoms with Gasteiger partial charge in [0.05, 0.1) is 5.57 Å². The van der Waals surface area contributed by atoms with E-state index in [4.69, 9.17) is 9.15 Å². The molecule has 1 N–H and O–H groups in total. The lowest BCUT2D eigenvalue weighted by Crippen LogP contribution is -2.35. The SMILES string of the molecule is C=CCOc1ccc(/C(O)=C2/C(=O)C(=O)N(CCN(C)C)C2c2ccc(C)o2)cc1. The van der Waals surface area contributed by atoms with Gasteiger partial charge in [-0.2, -0.15) is 0 Å². The highest BCUT2D eigenvalue weighted by Gasteiger charge is 2.47. The molecule has 1 aliphatic rings. The van der Waals surface area contributed by atoms with Gasteiger partial charge >= 0.3 is 0 Å². The van der Waals surface area contributed by atoms with Gasteiger partial charge in [-0.05, 0) is 57.4 Å². The third-order valence-corrected chi connectivity index (χ3v) is 4.85. The van der Waals surface area contributed by atoms with Crippen LogP contribution in [0.15, 0.2) is 59.0 Å². The van der Waals surface area contributed by atoms with Crippen LogP contribution in [0, 0.1) is 6.92 Å². The summed E-state index contributed by atoms with van der Waals surface area (Å²) in [5.74, 6) is 0.0941. The van der Waals surface area contributed by atoms with Crippen LogP contribution in [-0.2, 0) is 9.59 Å². The average molecular weight is 410 g/mol. The van der Waals surface area contributed by atoms with Gasteiger partial charge in [0.15, 0.2) is 0 Å². The zero-order valence-corrected chi connectivity index (χ0v) is 17.4. The summed E-state index contributed by atoms with van der Waals surface area (Å²) in [7, 11) is 3.78. The molecule has 1 atom stereocenters. The highest BCUT2D eigenvalue weighted by atomic mass is 16.5. The zero-order valence-electron chi connectivity index (χ0n) is 17.4. The zero-order chi connectivity index (χ0) is 21.8. The van der Waals surface area contributed by atoms with Crippen molar-refractivity contribution in [3.05, 3.63) is 71.7 Å². The summed E-state index contributed by atoms with van der Waals surface area (Å²) in [6.07, 6.45) is 1.63. The van der Waals surface area contributed by atoms with E-state index in [0.717, 1.165) is 0 Å². The lowest BCUT2D eigenvalue weighted by molar-refractivity contribution is -0.140. The van der Waals surface area contributed by atoms with E-state index in [9.17, 15) is 14.7 Å². The van der Waals surface area contributed by atoms with Crippen molar-refractivity contribution in [1.82, 2.24) is 9.80 Å². The number of aryl methyl sites for hydroxylation is 1. The number of hydrogen-bond acceptors (Lipinski definition) is 6. The highest BCUT2D eigenvalue weighted by Crippen LogP contribution is 2.40. The topological polar surface area (TPSA) is 83.2 Å². The number of rotatable bonds is 8. The van der Waals surface area contributed by atoms with Gasteiger partial charge in [0.1, 0.15) is 35.7 Å². The Hall–Kier alpha value is -3.32. The summed E-state index contributed by atoms with van der Waals surface area (Å²) >= 11 is 0. The number of likely N-dealkylation sites (tertiary alicyclic amines) is 1.